The van der Waals surface area contributed by atoms with Crippen LogP contribution in [-0.4, -0.2) is 35.7 Å². The van der Waals surface area contributed by atoms with Crippen LogP contribution in [0, 0.1) is 0 Å². The number of halogens is 1. The molecule has 0 bridgehead atoms. The zero-order chi connectivity index (χ0) is 15.4. The Kier molecular flexibility index (Phi) is 5.78. The van der Waals surface area contributed by atoms with Crippen molar-refractivity contribution in [3.63, 3.8) is 0 Å². The van der Waals surface area contributed by atoms with Gasteiger partial charge in [0, 0.05) is 18.1 Å². The highest BCUT2D eigenvalue weighted by molar-refractivity contribution is 7.90. The zero-order valence-corrected chi connectivity index (χ0v) is 13.1. The fraction of sp³-hybridized carbons (Fsp3) is 0.400. The lowest BCUT2D eigenvalue weighted by molar-refractivity contribution is 0.577. The molecule has 0 aliphatic rings. The van der Waals surface area contributed by atoms with Gasteiger partial charge in [0.15, 0.2) is 0 Å². The quantitative estimate of drug-likeness (QED) is 0.609. The SMILES string of the molecule is CCNS(=O)(=O)CCNS(=O)(=O)c1ccc(Cl)cc1N. The molecule has 0 saturated carbocycles. The van der Waals surface area contributed by atoms with Crippen molar-refractivity contribution in [1.82, 2.24) is 9.44 Å². The monoisotopic (exact) mass is 341 g/mol. The minimum Gasteiger partial charge on any atom is -0.398 e. The molecule has 0 atom stereocenters. The minimum absolute atomic E-state index is 0.000426. The van der Waals surface area contributed by atoms with Crippen LogP contribution in [0.3, 0.4) is 0 Å². The lowest BCUT2D eigenvalue weighted by Crippen LogP contribution is -2.34. The van der Waals surface area contributed by atoms with Crippen LogP contribution in [0.15, 0.2) is 23.1 Å². The molecule has 0 amide bonds. The molecule has 0 aliphatic carbocycles. The number of nitrogens with two attached hydrogens (primary N) is 1. The fourth-order valence-electron chi connectivity index (χ4n) is 1.44. The molecule has 7 nitrogen and oxygen atoms in total. The van der Waals surface area contributed by atoms with E-state index in [2.05, 4.69) is 9.44 Å². The summed E-state index contributed by atoms with van der Waals surface area (Å²) in [4.78, 5) is -0.136. The number of sulfonamides is 2. The molecule has 0 unspecified atom stereocenters. The molecule has 1 rings (SSSR count). The smallest absolute Gasteiger partial charge is 0.242 e. The van der Waals surface area contributed by atoms with Crippen molar-refractivity contribution in [2.24, 2.45) is 0 Å². The summed E-state index contributed by atoms with van der Waals surface area (Å²) in [5, 5.41) is 0.316. The molecule has 20 heavy (non-hydrogen) atoms. The van der Waals surface area contributed by atoms with Gasteiger partial charge in [-0.25, -0.2) is 26.3 Å². The van der Waals surface area contributed by atoms with Crippen LogP contribution in [-0.2, 0) is 20.0 Å². The third kappa shape index (κ3) is 4.91. The van der Waals surface area contributed by atoms with Crippen LogP contribution in [0.2, 0.25) is 5.02 Å². The number of nitrogens with one attached hydrogen (secondary N) is 2. The Morgan fingerprint density at radius 2 is 1.85 bits per heavy atom. The molecule has 0 heterocycles. The Balaban J connectivity index is 2.76. The van der Waals surface area contributed by atoms with Gasteiger partial charge < -0.3 is 5.73 Å². The second-order valence-corrected chi connectivity index (χ2v) is 7.99. The second-order valence-electron chi connectivity index (χ2n) is 3.90. The van der Waals surface area contributed by atoms with Gasteiger partial charge in [0.25, 0.3) is 0 Å². The average molecular weight is 342 g/mol. The third-order valence-electron chi connectivity index (χ3n) is 2.29. The van der Waals surface area contributed by atoms with E-state index in [-0.39, 0.29) is 29.4 Å². The number of nitrogen functional groups attached to an aromatic ring is 1. The molecule has 0 aromatic heterocycles. The van der Waals surface area contributed by atoms with Crippen LogP contribution in [0.1, 0.15) is 6.92 Å². The standard InChI is InChI=1S/C10H16ClN3O4S2/c1-2-13-19(15,16)6-5-14-20(17,18)10-4-3-8(11)7-9(10)12/h3-4,7,13-14H,2,5-6,12H2,1H3. The molecule has 0 saturated heterocycles. The van der Waals surface area contributed by atoms with Crippen LogP contribution in [0.4, 0.5) is 5.69 Å². The van der Waals surface area contributed by atoms with Crippen LogP contribution in [0.5, 0.6) is 0 Å². The van der Waals surface area contributed by atoms with E-state index >= 15 is 0 Å². The lowest BCUT2D eigenvalue weighted by Gasteiger charge is -2.09. The topological polar surface area (TPSA) is 118 Å². The van der Waals surface area contributed by atoms with Crippen molar-refractivity contribution in [2.75, 3.05) is 24.6 Å². The van der Waals surface area contributed by atoms with E-state index < -0.39 is 20.0 Å². The maximum Gasteiger partial charge on any atom is 0.242 e. The van der Waals surface area contributed by atoms with Crippen molar-refractivity contribution >= 4 is 37.3 Å². The number of rotatable bonds is 7. The van der Waals surface area contributed by atoms with Crippen molar-refractivity contribution in [2.45, 2.75) is 11.8 Å². The predicted octanol–water partition coefficient (Wildman–Crippen LogP) is 0.140. The van der Waals surface area contributed by atoms with E-state index in [0.717, 1.165) is 0 Å². The largest absolute Gasteiger partial charge is 0.398 e. The Hall–Kier alpha value is -0.870. The number of hydrogen-bond donors (Lipinski definition) is 3. The van der Waals surface area contributed by atoms with Gasteiger partial charge in [-0.1, -0.05) is 18.5 Å². The molecule has 0 aliphatic heterocycles. The van der Waals surface area contributed by atoms with E-state index in [0.29, 0.717) is 5.02 Å². The van der Waals surface area contributed by atoms with Crippen molar-refractivity contribution in [3.05, 3.63) is 23.2 Å². The first kappa shape index (κ1) is 17.2. The maximum absolute atomic E-state index is 12.0. The van der Waals surface area contributed by atoms with E-state index in [4.69, 9.17) is 17.3 Å². The first-order chi connectivity index (χ1) is 9.18. The van der Waals surface area contributed by atoms with E-state index in [1.165, 1.54) is 18.2 Å². The summed E-state index contributed by atoms with van der Waals surface area (Å²) < 4.78 is 51.1. The van der Waals surface area contributed by atoms with Crippen molar-refractivity contribution in [3.8, 4) is 0 Å². The van der Waals surface area contributed by atoms with Crippen LogP contribution >= 0.6 is 11.6 Å². The van der Waals surface area contributed by atoms with Gasteiger partial charge in [-0.3, -0.25) is 0 Å². The summed E-state index contributed by atoms with van der Waals surface area (Å²) in [7, 11) is -7.35. The van der Waals surface area contributed by atoms with Crippen molar-refractivity contribution in [1.29, 1.82) is 0 Å². The van der Waals surface area contributed by atoms with Gasteiger partial charge in [-0.2, -0.15) is 0 Å². The molecule has 4 N–H and O–H groups in total. The van der Waals surface area contributed by atoms with Crippen LogP contribution in [0.25, 0.3) is 0 Å². The fourth-order valence-corrected chi connectivity index (χ4v) is 3.85. The average Bonchev–Trinajstić information content (AvgIpc) is 2.27. The minimum atomic E-state index is -3.87. The van der Waals surface area contributed by atoms with E-state index in [1.807, 2.05) is 0 Å². The second kappa shape index (κ2) is 6.72. The number of benzene rings is 1. The number of hydrogen-bond acceptors (Lipinski definition) is 5. The summed E-state index contributed by atoms with van der Waals surface area (Å²) in [5.41, 5.74) is 5.58. The number of anilines is 1. The molecule has 0 radical (unpaired) electrons. The highest BCUT2D eigenvalue weighted by atomic mass is 35.5. The van der Waals surface area contributed by atoms with Gasteiger partial charge >= 0.3 is 0 Å². The Morgan fingerprint density at radius 3 is 2.40 bits per heavy atom. The van der Waals surface area contributed by atoms with Gasteiger partial charge in [0.05, 0.1) is 11.4 Å². The van der Waals surface area contributed by atoms with Crippen molar-refractivity contribution < 1.29 is 16.8 Å². The summed E-state index contributed by atoms with van der Waals surface area (Å²) in [6.45, 7) is 1.63. The molecule has 10 heteroatoms. The van der Waals surface area contributed by atoms with E-state index in [9.17, 15) is 16.8 Å². The molecular weight excluding hydrogens is 326 g/mol. The Morgan fingerprint density at radius 1 is 1.20 bits per heavy atom. The third-order valence-corrected chi connectivity index (χ3v) is 5.53. The summed E-state index contributed by atoms with van der Waals surface area (Å²) >= 11 is 5.68. The normalized spacial score (nSPS) is 12.5. The molecule has 0 spiro atoms. The first-order valence-corrected chi connectivity index (χ1v) is 9.21. The first-order valence-electron chi connectivity index (χ1n) is 5.70. The molecule has 1 aromatic carbocycles. The molecule has 1 aromatic rings. The van der Waals surface area contributed by atoms with Crippen LogP contribution < -0.4 is 15.2 Å². The maximum atomic E-state index is 12.0. The lowest BCUT2D eigenvalue weighted by atomic mass is 10.3. The molecule has 0 fully saturated rings. The molecular formula is C10H16ClN3O4S2. The summed E-state index contributed by atoms with van der Waals surface area (Å²) in [5.74, 6) is -0.354. The molecule has 114 valence electrons. The van der Waals surface area contributed by atoms with E-state index in [1.54, 1.807) is 6.92 Å². The Labute approximate surface area is 123 Å². The van der Waals surface area contributed by atoms with Gasteiger partial charge in [0.2, 0.25) is 20.0 Å². The zero-order valence-electron chi connectivity index (χ0n) is 10.8. The predicted molar refractivity (Wildman–Crippen MR) is 78.5 cm³/mol. The van der Waals surface area contributed by atoms with Gasteiger partial charge in [0.1, 0.15) is 4.90 Å². The van der Waals surface area contributed by atoms with Gasteiger partial charge in [-0.05, 0) is 18.2 Å². The Bertz CT molecular complexity index is 674. The highest BCUT2D eigenvalue weighted by Gasteiger charge is 2.18. The summed E-state index contributed by atoms with van der Waals surface area (Å²) in [6, 6.07) is 3.96. The highest BCUT2D eigenvalue weighted by Crippen LogP contribution is 2.21. The summed E-state index contributed by atoms with van der Waals surface area (Å²) in [6.07, 6.45) is 0. The van der Waals surface area contributed by atoms with Gasteiger partial charge in [-0.15, -0.1) is 0 Å².